The molecule has 0 aliphatic carbocycles. The third kappa shape index (κ3) is 1.84. The lowest BCUT2D eigenvalue weighted by Crippen LogP contribution is -2.01. The summed E-state index contributed by atoms with van der Waals surface area (Å²) in [4.78, 5) is 10.7. The second-order valence-corrected chi connectivity index (χ2v) is 2.79. The second-order valence-electron chi connectivity index (χ2n) is 2.38. The number of ether oxygens (including phenoxy) is 1. The molecule has 1 aromatic carbocycles. The van der Waals surface area contributed by atoms with Gasteiger partial charge in [0.15, 0.2) is 0 Å². The summed E-state index contributed by atoms with van der Waals surface area (Å²) in [5, 5.41) is 8.94. The Balaban J connectivity index is 3.33. The zero-order valence-corrected chi connectivity index (χ0v) is 7.63. The topological polar surface area (TPSA) is 72.5 Å². The molecule has 0 heterocycles. The number of hydrogen-bond donors (Lipinski definition) is 2. The Labute approximate surface area is 79.9 Å². The van der Waals surface area contributed by atoms with Crippen LogP contribution in [0.1, 0.15) is 10.4 Å². The van der Waals surface area contributed by atoms with Crippen LogP contribution in [0.2, 0.25) is 5.02 Å². The smallest absolute Gasteiger partial charge is 0.339 e. The maximum absolute atomic E-state index is 10.7. The van der Waals surface area contributed by atoms with E-state index >= 15 is 0 Å². The van der Waals surface area contributed by atoms with Gasteiger partial charge in [-0.05, 0) is 6.07 Å². The van der Waals surface area contributed by atoms with E-state index in [1.54, 1.807) is 0 Å². The van der Waals surface area contributed by atoms with Crippen LogP contribution in [0.3, 0.4) is 0 Å². The predicted molar refractivity (Wildman–Crippen MR) is 49.4 cm³/mol. The monoisotopic (exact) mass is 202 g/mol. The highest BCUT2D eigenvalue weighted by Crippen LogP contribution is 2.28. The molecule has 0 bridgehead atoms. The first kappa shape index (κ1) is 9.67. The summed E-state index contributed by atoms with van der Waals surface area (Å²) in [6.07, 6.45) is 0. The molecule has 5 heteroatoms. The number of benzene rings is 1. The number of carbonyl (C=O) groups is 1. The lowest BCUT2D eigenvalue weighted by atomic mass is 10.2. The summed E-state index contributed by atoms with van der Waals surface area (Å²) in [5.41, 5.74) is 5.76. The lowest BCUT2D eigenvalue weighted by molar-refractivity contribution is 0.0693. The SMILES string of the molecule is [13CH3]Oc1cc(N)c(Cl)cc1C(=O)O. The summed E-state index contributed by atoms with van der Waals surface area (Å²) in [6, 6.07) is 2.64. The van der Waals surface area contributed by atoms with E-state index in [1.165, 1.54) is 19.2 Å². The molecule has 0 radical (unpaired) electrons. The first-order valence-electron chi connectivity index (χ1n) is 3.42. The number of carboxylic acid groups (broad SMARTS) is 1. The highest BCUT2D eigenvalue weighted by Gasteiger charge is 2.13. The van der Waals surface area contributed by atoms with Crippen LogP contribution in [-0.2, 0) is 0 Å². The normalized spacial score (nSPS) is 9.69. The highest BCUT2D eigenvalue weighted by molar-refractivity contribution is 6.33. The lowest BCUT2D eigenvalue weighted by Gasteiger charge is -2.06. The Morgan fingerprint density at radius 3 is 2.69 bits per heavy atom. The van der Waals surface area contributed by atoms with Gasteiger partial charge in [0.2, 0.25) is 0 Å². The fourth-order valence-corrected chi connectivity index (χ4v) is 1.07. The quantitative estimate of drug-likeness (QED) is 0.565. The van der Waals surface area contributed by atoms with E-state index in [2.05, 4.69) is 0 Å². The minimum absolute atomic E-state index is 0.00157. The Bertz CT molecular complexity index is 351. The van der Waals surface area contributed by atoms with E-state index in [9.17, 15) is 4.79 Å². The maximum atomic E-state index is 10.7. The molecular weight excluding hydrogens is 195 g/mol. The van der Waals surface area contributed by atoms with Gasteiger partial charge >= 0.3 is 5.97 Å². The van der Waals surface area contributed by atoms with E-state index in [-0.39, 0.29) is 16.3 Å². The van der Waals surface area contributed by atoms with Gasteiger partial charge in [-0.25, -0.2) is 4.79 Å². The summed E-state index contributed by atoms with van der Waals surface area (Å²) in [5.74, 6) is -0.895. The molecule has 1 rings (SSSR count). The maximum Gasteiger partial charge on any atom is 0.339 e. The first-order valence-corrected chi connectivity index (χ1v) is 3.80. The van der Waals surface area contributed by atoms with Gasteiger partial charge in [0.05, 0.1) is 17.8 Å². The zero-order chi connectivity index (χ0) is 10.0. The van der Waals surface area contributed by atoms with Crippen LogP contribution >= 0.6 is 11.6 Å². The van der Waals surface area contributed by atoms with Crippen molar-refractivity contribution < 1.29 is 14.6 Å². The molecule has 4 nitrogen and oxygen atoms in total. The van der Waals surface area contributed by atoms with Crippen LogP contribution < -0.4 is 10.5 Å². The van der Waals surface area contributed by atoms with Crippen molar-refractivity contribution in [3.63, 3.8) is 0 Å². The minimum Gasteiger partial charge on any atom is -0.496 e. The number of nitrogen functional groups attached to an aromatic ring is 1. The number of carboxylic acids is 1. The molecule has 0 spiro atoms. The third-order valence-electron chi connectivity index (χ3n) is 1.55. The van der Waals surface area contributed by atoms with E-state index in [0.717, 1.165) is 0 Å². The van der Waals surface area contributed by atoms with Gasteiger partial charge in [-0.15, -0.1) is 0 Å². The van der Waals surface area contributed by atoms with Crippen molar-refractivity contribution in [3.05, 3.63) is 22.7 Å². The zero-order valence-electron chi connectivity index (χ0n) is 6.87. The van der Waals surface area contributed by atoms with Gasteiger partial charge in [0, 0.05) is 6.07 Å². The summed E-state index contributed by atoms with van der Waals surface area (Å²) in [6.45, 7) is 0. The fraction of sp³-hybridized carbons (Fsp3) is 0.125. The molecule has 0 saturated heterocycles. The number of methoxy groups -OCH3 is 1. The molecule has 0 amide bonds. The average molecular weight is 203 g/mol. The summed E-state index contributed by atoms with van der Waals surface area (Å²) in [7, 11) is 1.37. The average Bonchev–Trinajstić information content (AvgIpc) is 2.08. The van der Waals surface area contributed by atoms with Crippen molar-refractivity contribution in [2.24, 2.45) is 0 Å². The van der Waals surface area contributed by atoms with E-state index in [0.29, 0.717) is 5.69 Å². The molecular formula is C8H8ClNO3. The molecule has 13 heavy (non-hydrogen) atoms. The Kier molecular flexibility index (Phi) is 2.63. The molecule has 70 valence electrons. The number of hydrogen-bond acceptors (Lipinski definition) is 3. The molecule has 0 aromatic heterocycles. The largest absolute Gasteiger partial charge is 0.496 e. The van der Waals surface area contributed by atoms with Gasteiger partial charge in [-0.1, -0.05) is 11.6 Å². The van der Waals surface area contributed by atoms with E-state index in [1.807, 2.05) is 0 Å². The van der Waals surface area contributed by atoms with E-state index in [4.69, 9.17) is 27.2 Å². The van der Waals surface area contributed by atoms with Crippen LogP contribution in [-0.4, -0.2) is 18.2 Å². The second kappa shape index (κ2) is 3.53. The van der Waals surface area contributed by atoms with Crippen LogP contribution in [0.15, 0.2) is 12.1 Å². The van der Waals surface area contributed by atoms with E-state index < -0.39 is 5.97 Å². The Morgan fingerprint density at radius 2 is 2.23 bits per heavy atom. The van der Waals surface area contributed by atoms with Crippen LogP contribution in [0.5, 0.6) is 5.75 Å². The molecule has 0 aliphatic heterocycles. The number of nitrogens with two attached hydrogens (primary N) is 1. The first-order chi connectivity index (χ1) is 6.06. The molecule has 3 N–H and O–H groups in total. The van der Waals surface area contributed by atoms with Gasteiger partial charge < -0.3 is 15.6 Å². The van der Waals surface area contributed by atoms with Crippen LogP contribution in [0, 0.1) is 0 Å². The fourth-order valence-electron chi connectivity index (χ4n) is 0.905. The van der Waals surface area contributed by atoms with Gasteiger partial charge in [0.1, 0.15) is 11.3 Å². The van der Waals surface area contributed by atoms with Crippen molar-refractivity contribution >= 4 is 23.3 Å². The van der Waals surface area contributed by atoms with Crippen molar-refractivity contribution in [1.29, 1.82) is 0 Å². The predicted octanol–water partition coefficient (Wildman–Crippen LogP) is 1.63. The van der Waals surface area contributed by atoms with Crippen molar-refractivity contribution in [2.45, 2.75) is 0 Å². The number of anilines is 1. The summed E-state index contributed by atoms with van der Waals surface area (Å²) < 4.78 is 4.82. The number of rotatable bonds is 2. The molecule has 0 unspecified atom stereocenters. The van der Waals surface area contributed by atoms with Crippen LogP contribution in [0.4, 0.5) is 5.69 Å². The van der Waals surface area contributed by atoms with Crippen molar-refractivity contribution in [3.8, 4) is 5.75 Å². The molecule has 1 aromatic rings. The van der Waals surface area contributed by atoms with Crippen LogP contribution in [0.25, 0.3) is 0 Å². The minimum atomic E-state index is -1.10. The summed E-state index contributed by atoms with van der Waals surface area (Å²) >= 11 is 5.64. The highest BCUT2D eigenvalue weighted by atomic mass is 35.5. The van der Waals surface area contributed by atoms with Crippen molar-refractivity contribution in [1.82, 2.24) is 0 Å². The molecule has 0 saturated carbocycles. The standard InChI is InChI=1S/C8H8ClNO3/c1-13-7-3-6(10)5(9)2-4(7)8(11)12/h2-3H,10H2,1H3,(H,11,12)/i1+1. The molecule has 0 aliphatic rings. The van der Waals surface area contributed by atoms with Gasteiger partial charge in [0.25, 0.3) is 0 Å². The Hall–Kier alpha value is -1.42. The molecule has 0 atom stereocenters. The molecule has 0 fully saturated rings. The number of halogens is 1. The van der Waals surface area contributed by atoms with Gasteiger partial charge in [-0.3, -0.25) is 0 Å². The Morgan fingerprint density at radius 1 is 1.62 bits per heavy atom. The van der Waals surface area contributed by atoms with Gasteiger partial charge in [-0.2, -0.15) is 0 Å². The van der Waals surface area contributed by atoms with Crippen molar-refractivity contribution in [2.75, 3.05) is 12.8 Å². The third-order valence-corrected chi connectivity index (χ3v) is 1.88. The number of aromatic carboxylic acids is 1.